The molecular formula is C15H13Cl3N2O. The fourth-order valence-corrected chi connectivity index (χ4v) is 3.28. The van der Waals surface area contributed by atoms with E-state index < -0.39 is 5.60 Å². The van der Waals surface area contributed by atoms with Crippen molar-refractivity contribution in [3.05, 3.63) is 45.4 Å². The molecular weight excluding hydrogens is 331 g/mol. The van der Waals surface area contributed by atoms with Gasteiger partial charge in [0, 0.05) is 11.6 Å². The summed E-state index contributed by atoms with van der Waals surface area (Å²) in [5.74, 6) is 0.528. The van der Waals surface area contributed by atoms with Crippen molar-refractivity contribution in [3.63, 3.8) is 0 Å². The highest BCUT2D eigenvalue weighted by Gasteiger charge is 2.36. The number of halogens is 3. The maximum Gasteiger partial charge on any atom is 0.163 e. The number of aromatic nitrogens is 2. The molecule has 1 aromatic heterocycles. The second kappa shape index (κ2) is 5.73. The van der Waals surface area contributed by atoms with Crippen LogP contribution in [0.15, 0.2) is 24.3 Å². The number of nitrogens with zero attached hydrogens (tertiary/aromatic N) is 2. The van der Waals surface area contributed by atoms with Gasteiger partial charge in [0.15, 0.2) is 5.82 Å². The molecule has 1 saturated heterocycles. The Hall–Kier alpha value is -0.870. The summed E-state index contributed by atoms with van der Waals surface area (Å²) in [5, 5.41) is 1.22. The fourth-order valence-electron chi connectivity index (χ4n) is 2.48. The molecule has 1 atom stereocenters. The minimum Gasteiger partial charge on any atom is -0.367 e. The number of ether oxygens (including phenoxy) is 1. The van der Waals surface area contributed by atoms with Crippen molar-refractivity contribution in [1.82, 2.24) is 9.97 Å². The van der Waals surface area contributed by atoms with Gasteiger partial charge in [0.2, 0.25) is 0 Å². The van der Waals surface area contributed by atoms with Crippen molar-refractivity contribution in [3.8, 4) is 11.1 Å². The van der Waals surface area contributed by atoms with Gasteiger partial charge in [-0.05, 0) is 37.5 Å². The summed E-state index contributed by atoms with van der Waals surface area (Å²) < 4.78 is 5.74. The Morgan fingerprint density at radius 3 is 2.43 bits per heavy atom. The van der Waals surface area contributed by atoms with Crippen LogP contribution in [0.3, 0.4) is 0 Å². The molecule has 6 heteroatoms. The van der Waals surface area contributed by atoms with E-state index in [1.165, 1.54) is 0 Å². The van der Waals surface area contributed by atoms with Crippen LogP contribution in [0.1, 0.15) is 25.6 Å². The van der Waals surface area contributed by atoms with E-state index in [1.54, 1.807) is 12.1 Å². The van der Waals surface area contributed by atoms with Crippen LogP contribution in [-0.4, -0.2) is 16.6 Å². The van der Waals surface area contributed by atoms with E-state index >= 15 is 0 Å². The third-order valence-electron chi connectivity index (χ3n) is 3.63. The van der Waals surface area contributed by atoms with E-state index in [9.17, 15) is 0 Å². The zero-order valence-electron chi connectivity index (χ0n) is 11.4. The average Bonchev–Trinajstić information content (AvgIpc) is 2.86. The maximum atomic E-state index is 6.33. The lowest BCUT2D eigenvalue weighted by Gasteiger charge is -2.22. The quantitative estimate of drug-likeness (QED) is 0.709. The highest BCUT2D eigenvalue weighted by molar-refractivity contribution is 6.38. The number of rotatable bonds is 2. The van der Waals surface area contributed by atoms with Crippen LogP contribution in [0, 0.1) is 0 Å². The summed E-state index contributed by atoms with van der Waals surface area (Å²) in [6, 6.07) is 7.27. The van der Waals surface area contributed by atoms with Gasteiger partial charge in [-0.15, -0.1) is 0 Å². The summed E-state index contributed by atoms with van der Waals surface area (Å²) in [5.41, 5.74) is 0.868. The average molecular weight is 344 g/mol. The van der Waals surface area contributed by atoms with Gasteiger partial charge in [0.25, 0.3) is 0 Å². The monoisotopic (exact) mass is 342 g/mol. The molecule has 0 radical (unpaired) electrons. The minimum atomic E-state index is -0.514. The van der Waals surface area contributed by atoms with Crippen molar-refractivity contribution in [2.24, 2.45) is 0 Å². The standard InChI is InChI=1S/C15H13Cl3N2O/c1-15(6-3-7-21-15)14-19-12(17)11(13(18)20-14)9-4-2-5-10(16)8-9/h2,4-5,8H,3,6-7H2,1H3. The van der Waals surface area contributed by atoms with Crippen LogP contribution >= 0.6 is 34.8 Å². The highest BCUT2D eigenvalue weighted by Crippen LogP contribution is 2.38. The largest absolute Gasteiger partial charge is 0.367 e. The molecule has 3 nitrogen and oxygen atoms in total. The van der Waals surface area contributed by atoms with Crippen LogP contribution in [0.4, 0.5) is 0 Å². The lowest BCUT2D eigenvalue weighted by molar-refractivity contribution is 0.00937. The molecule has 1 aliphatic rings. The second-order valence-corrected chi connectivity index (χ2v) is 6.35. The van der Waals surface area contributed by atoms with E-state index in [2.05, 4.69) is 9.97 Å². The third kappa shape index (κ3) is 2.88. The zero-order valence-corrected chi connectivity index (χ0v) is 13.6. The van der Waals surface area contributed by atoms with Crippen LogP contribution < -0.4 is 0 Å². The van der Waals surface area contributed by atoms with Crippen LogP contribution in [0.2, 0.25) is 15.3 Å². The number of hydrogen-bond donors (Lipinski definition) is 0. The molecule has 21 heavy (non-hydrogen) atoms. The molecule has 0 N–H and O–H groups in total. The molecule has 0 aliphatic carbocycles. The van der Waals surface area contributed by atoms with E-state index in [4.69, 9.17) is 39.5 Å². The van der Waals surface area contributed by atoms with Crippen LogP contribution in [0.5, 0.6) is 0 Å². The van der Waals surface area contributed by atoms with Crippen molar-refractivity contribution in [2.45, 2.75) is 25.4 Å². The Kier molecular flexibility index (Phi) is 4.10. The molecule has 2 heterocycles. The maximum absolute atomic E-state index is 6.33. The summed E-state index contributed by atoms with van der Waals surface area (Å²) in [6.45, 7) is 2.66. The summed E-state index contributed by atoms with van der Waals surface area (Å²) in [7, 11) is 0. The van der Waals surface area contributed by atoms with Crippen molar-refractivity contribution in [1.29, 1.82) is 0 Å². The molecule has 0 bridgehead atoms. The summed E-state index contributed by atoms with van der Waals surface area (Å²) >= 11 is 18.7. The first-order valence-electron chi connectivity index (χ1n) is 6.63. The van der Waals surface area contributed by atoms with Crippen LogP contribution in [0.25, 0.3) is 11.1 Å². The van der Waals surface area contributed by atoms with Gasteiger partial charge in [-0.2, -0.15) is 0 Å². The molecule has 0 saturated carbocycles. The topological polar surface area (TPSA) is 35.0 Å². The van der Waals surface area contributed by atoms with Gasteiger partial charge in [-0.1, -0.05) is 46.9 Å². The predicted octanol–water partition coefficient (Wildman–Crippen LogP) is 5.13. The molecule has 2 aromatic rings. The minimum absolute atomic E-state index is 0.309. The van der Waals surface area contributed by atoms with Gasteiger partial charge in [0.05, 0.1) is 5.56 Å². The second-order valence-electron chi connectivity index (χ2n) is 5.20. The molecule has 0 spiro atoms. The van der Waals surface area contributed by atoms with E-state index in [-0.39, 0.29) is 0 Å². The predicted molar refractivity (Wildman–Crippen MR) is 85.0 cm³/mol. The summed E-state index contributed by atoms with van der Waals surface area (Å²) in [6.07, 6.45) is 1.83. The molecule has 1 aliphatic heterocycles. The number of benzene rings is 1. The smallest absolute Gasteiger partial charge is 0.163 e. The summed E-state index contributed by atoms with van der Waals surface area (Å²) in [4.78, 5) is 8.79. The molecule has 0 amide bonds. The lowest BCUT2D eigenvalue weighted by Crippen LogP contribution is -2.23. The number of hydrogen-bond acceptors (Lipinski definition) is 3. The van der Waals surface area contributed by atoms with Gasteiger partial charge in [0.1, 0.15) is 15.9 Å². The lowest BCUT2D eigenvalue weighted by atomic mass is 10.0. The Balaban J connectivity index is 2.08. The SMILES string of the molecule is CC1(c2nc(Cl)c(-c3cccc(Cl)c3)c(Cl)n2)CCCO1. The highest BCUT2D eigenvalue weighted by atomic mass is 35.5. The Morgan fingerprint density at radius 2 is 1.86 bits per heavy atom. The molecule has 1 fully saturated rings. The van der Waals surface area contributed by atoms with Crippen molar-refractivity contribution < 1.29 is 4.74 Å². The Morgan fingerprint density at radius 1 is 1.14 bits per heavy atom. The Labute approximate surface area is 138 Å². The van der Waals surface area contributed by atoms with Gasteiger partial charge in [-0.25, -0.2) is 9.97 Å². The van der Waals surface area contributed by atoms with Crippen molar-refractivity contribution in [2.75, 3.05) is 6.61 Å². The Bertz CT molecular complexity index is 661. The first kappa shape index (κ1) is 15.0. The molecule has 1 unspecified atom stereocenters. The molecule has 110 valence electrons. The van der Waals surface area contributed by atoms with Gasteiger partial charge >= 0.3 is 0 Å². The molecule has 3 rings (SSSR count). The normalized spacial score (nSPS) is 21.7. The van der Waals surface area contributed by atoms with E-state index in [1.807, 2.05) is 19.1 Å². The van der Waals surface area contributed by atoms with E-state index in [0.29, 0.717) is 33.3 Å². The van der Waals surface area contributed by atoms with E-state index in [0.717, 1.165) is 18.4 Å². The molecule has 1 aromatic carbocycles. The zero-order chi connectivity index (χ0) is 15.0. The van der Waals surface area contributed by atoms with Gasteiger partial charge in [-0.3, -0.25) is 0 Å². The fraction of sp³-hybridized carbons (Fsp3) is 0.333. The van der Waals surface area contributed by atoms with Crippen LogP contribution in [-0.2, 0) is 10.3 Å². The third-order valence-corrected chi connectivity index (χ3v) is 4.41. The van der Waals surface area contributed by atoms with Gasteiger partial charge < -0.3 is 4.74 Å². The van der Waals surface area contributed by atoms with Crippen molar-refractivity contribution >= 4 is 34.8 Å². The first-order valence-corrected chi connectivity index (χ1v) is 7.76. The first-order chi connectivity index (χ1) is 9.99.